The molecule has 12 heteroatoms. The van der Waals surface area contributed by atoms with Crippen molar-refractivity contribution < 1.29 is 24.1 Å². The molecule has 2 rings (SSSR count). The maximum atomic E-state index is 12.4. The number of non-ortho nitro benzene ring substituents is 2. The molecule has 0 aliphatic heterocycles. The second kappa shape index (κ2) is 11.6. The van der Waals surface area contributed by atoms with Crippen molar-refractivity contribution in [2.75, 3.05) is 13.7 Å². The van der Waals surface area contributed by atoms with E-state index in [9.17, 15) is 25.0 Å². The summed E-state index contributed by atoms with van der Waals surface area (Å²) in [5.74, 6) is 0.360. The molecular weight excluding hydrogens is 440 g/mol. The van der Waals surface area contributed by atoms with Crippen LogP contribution in [0.4, 0.5) is 11.4 Å². The number of benzene rings is 2. The van der Waals surface area contributed by atoms with Gasteiger partial charge in [0.1, 0.15) is 0 Å². The normalized spacial score (nSPS) is 10.2. The predicted octanol–water partition coefficient (Wildman–Crippen LogP) is 3.50. The molecule has 2 N–H and O–H groups in total. The van der Waals surface area contributed by atoms with Gasteiger partial charge < -0.3 is 14.8 Å². The molecule has 0 heterocycles. The maximum Gasteiger partial charge on any atom is 0.277 e. The van der Waals surface area contributed by atoms with Crippen LogP contribution in [0, 0.1) is 20.2 Å². The minimum absolute atomic E-state index is 0.0496. The molecule has 0 aliphatic rings. The summed E-state index contributed by atoms with van der Waals surface area (Å²) in [7, 11) is 1.53. The van der Waals surface area contributed by atoms with Gasteiger partial charge >= 0.3 is 0 Å². The number of unbranched alkanes of at least 4 members (excludes halogenated alkanes) is 1. The Kier molecular flexibility index (Phi) is 8.83. The van der Waals surface area contributed by atoms with E-state index in [1.807, 2.05) is 6.07 Å². The molecule has 32 heavy (non-hydrogen) atoms. The summed E-state index contributed by atoms with van der Waals surface area (Å²) in [5.41, 5.74) is -0.606. The van der Waals surface area contributed by atoms with Crippen molar-refractivity contribution in [2.45, 2.75) is 26.3 Å². The minimum Gasteiger partial charge on any atom is -0.493 e. The van der Waals surface area contributed by atoms with E-state index in [1.165, 1.54) is 7.11 Å². The summed E-state index contributed by atoms with van der Waals surface area (Å²) in [6.07, 6.45) is 1.94. The zero-order chi connectivity index (χ0) is 23.7. The molecule has 0 saturated carbocycles. The van der Waals surface area contributed by atoms with Crippen molar-refractivity contribution in [1.29, 1.82) is 0 Å². The molecule has 2 aromatic carbocycles. The van der Waals surface area contributed by atoms with Crippen LogP contribution in [0.1, 0.15) is 35.7 Å². The average molecular weight is 462 g/mol. The summed E-state index contributed by atoms with van der Waals surface area (Å²) in [6, 6.07) is 8.00. The van der Waals surface area contributed by atoms with E-state index in [1.54, 1.807) is 12.1 Å². The first-order chi connectivity index (χ1) is 15.2. The van der Waals surface area contributed by atoms with Crippen molar-refractivity contribution in [3.8, 4) is 11.5 Å². The molecule has 0 saturated heterocycles. The first-order valence-electron chi connectivity index (χ1n) is 9.58. The van der Waals surface area contributed by atoms with Gasteiger partial charge in [0.25, 0.3) is 17.3 Å². The topological polar surface area (TPSA) is 146 Å². The lowest BCUT2D eigenvalue weighted by Gasteiger charge is -2.13. The van der Waals surface area contributed by atoms with Gasteiger partial charge in [0.05, 0.1) is 35.2 Å². The van der Waals surface area contributed by atoms with Crippen LogP contribution in [-0.2, 0) is 6.54 Å². The third kappa shape index (κ3) is 6.87. The van der Waals surface area contributed by atoms with Crippen molar-refractivity contribution in [1.82, 2.24) is 10.6 Å². The van der Waals surface area contributed by atoms with Gasteiger partial charge in [-0.15, -0.1) is 0 Å². The van der Waals surface area contributed by atoms with Crippen LogP contribution in [0.3, 0.4) is 0 Å². The Balaban J connectivity index is 2.02. The predicted molar refractivity (Wildman–Crippen MR) is 120 cm³/mol. The Morgan fingerprint density at radius 2 is 1.72 bits per heavy atom. The fraction of sp³-hybridized carbons (Fsp3) is 0.300. The number of ether oxygens (including phenoxy) is 2. The second-order valence-corrected chi connectivity index (χ2v) is 6.98. The zero-order valence-electron chi connectivity index (χ0n) is 17.5. The highest BCUT2D eigenvalue weighted by atomic mass is 32.1. The quantitative estimate of drug-likeness (QED) is 0.234. The number of amides is 1. The Morgan fingerprint density at radius 3 is 2.28 bits per heavy atom. The van der Waals surface area contributed by atoms with Gasteiger partial charge in [0.15, 0.2) is 16.6 Å². The third-order valence-electron chi connectivity index (χ3n) is 4.25. The van der Waals surface area contributed by atoms with Crippen LogP contribution in [0.2, 0.25) is 0 Å². The molecule has 0 radical (unpaired) electrons. The van der Waals surface area contributed by atoms with Gasteiger partial charge in [-0.3, -0.25) is 30.3 Å². The highest BCUT2D eigenvalue weighted by molar-refractivity contribution is 7.80. The lowest BCUT2D eigenvalue weighted by Crippen LogP contribution is -2.38. The summed E-state index contributed by atoms with van der Waals surface area (Å²) >= 11 is 5.09. The lowest BCUT2D eigenvalue weighted by atomic mass is 10.1. The SMILES string of the molecule is CCCCOc1ccc(CNC(=S)NC(=O)c2cc([N+](=O)[O-])cc([N+](=O)[O-])c2)cc1OC. The maximum absolute atomic E-state index is 12.4. The summed E-state index contributed by atoms with van der Waals surface area (Å²) in [4.78, 5) is 32.7. The van der Waals surface area contributed by atoms with Gasteiger partial charge in [-0.25, -0.2) is 0 Å². The number of carbonyl (C=O) groups excluding carboxylic acids is 1. The first kappa shape index (κ1) is 24.5. The molecule has 0 aliphatic carbocycles. The fourth-order valence-corrected chi connectivity index (χ4v) is 2.77. The van der Waals surface area contributed by atoms with Crippen LogP contribution >= 0.6 is 12.2 Å². The molecule has 1 amide bonds. The third-order valence-corrected chi connectivity index (χ3v) is 4.50. The smallest absolute Gasteiger partial charge is 0.277 e. The van der Waals surface area contributed by atoms with Crippen LogP contribution < -0.4 is 20.1 Å². The van der Waals surface area contributed by atoms with E-state index >= 15 is 0 Å². The molecule has 0 unspecified atom stereocenters. The number of methoxy groups -OCH3 is 1. The monoisotopic (exact) mass is 462 g/mol. The molecule has 2 aromatic rings. The molecule has 11 nitrogen and oxygen atoms in total. The first-order valence-corrected chi connectivity index (χ1v) is 9.98. The second-order valence-electron chi connectivity index (χ2n) is 6.58. The van der Waals surface area contributed by atoms with E-state index < -0.39 is 27.1 Å². The lowest BCUT2D eigenvalue weighted by molar-refractivity contribution is -0.394. The van der Waals surface area contributed by atoms with Gasteiger partial charge in [-0.2, -0.15) is 0 Å². The zero-order valence-corrected chi connectivity index (χ0v) is 18.3. The van der Waals surface area contributed by atoms with E-state index in [4.69, 9.17) is 21.7 Å². The number of nitro groups is 2. The number of nitro benzene ring substituents is 2. The number of carbonyl (C=O) groups is 1. The molecular formula is C20H22N4O7S. The standard InChI is InChI=1S/C20H22N4O7S/c1-3-4-7-31-17-6-5-13(8-18(17)30-2)12-21-20(32)22-19(25)14-9-15(23(26)27)11-16(10-14)24(28)29/h5-6,8-11H,3-4,7,12H2,1-2H3,(H2,21,22,25,32). The molecule has 0 atom stereocenters. The van der Waals surface area contributed by atoms with Crippen molar-refractivity contribution >= 4 is 34.6 Å². The number of hydrogen-bond donors (Lipinski definition) is 2. The molecule has 170 valence electrons. The Morgan fingerprint density at radius 1 is 1.06 bits per heavy atom. The van der Waals surface area contributed by atoms with Crippen molar-refractivity contribution in [3.05, 3.63) is 67.8 Å². The highest BCUT2D eigenvalue weighted by Gasteiger charge is 2.20. The van der Waals surface area contributed by atoms with Gasteiger partial charge in [-0.1, -0.05) is 19.4 Å². The number of thiocarbonyl (C=S) groups is 1. The van der Waals surface area contributed by atoms with Gasteiger partial charge in [0.2, 0.25) is 0 Å². The molecule has 0 aromatic heterocycles. The summed E-state index contributed by atoms with van der Waals surface area (Å²) in [5, 5.41) is 27.1. The number of rotatable bonds is 10. The molecule has 0 bridgehead atoms. The van der Waals surface area contributed by atoms with Crippen LogP contribution in [0.25, 0.3) is 0 Å². The van der Waals surface area contributed by atoms with E-state index in [0.717, 1.165) is 36.6 Å². The van der Waals surface area contributed by atoms with Crippen LogP contribution in [-0.4, -0.2) is 34.6 Å². The van der Waals surface area contributed by atoms with Gasteiger partial charge in [0, 0.05) is 18.7 Å². The number of hydrogen-bond acceptors (Lipinski definition) is 8. The van der Waals surface area contributed by atoms with Crippen molar-refractivity contribution in [3.63, 3.8) is 0 Å². The largest absolute Gasteiger partial charge is 0.493 e. The molecule has 0 fully saturated rings. The Hall–Kier alpha value is -3.80. The minimum atomic E-state index is -0.816. The van der Waals surface area contributed by atoms with E-state index in [2.05, 4.69) is 17.6 Å². The Labute approximate surface area is 189 Å². The summed E-state index contributed by atoms with van der Waals surface area (Å²) in [6.45, 7) is 2.90. The summed E-state index contributed by atoms with van der Waals surface area (Å²) < 4.78 is 11.0. The van der Waals surface area contributed by atoms with E-state index in [0.29, 0.717) is 18.1 Å². The average Bonchev–Trinajstić information content (AvgIpc) is 2.77. The fourth-order valence-electron chi connectivity index (χ4n) is 2.61. The molecule has 0 spiro atoms. The van der Waals surface area contributed by atoms with E-state index in [-0.39, 0.29) is 17.2 Å². The van der Waals surface area contributed by atoms with Crippen molar-refractivity contribution in [2.24, 2.45) is 0 Å². The Bertz CT molecular complexity index is 997. The van der Waals surface area contributed by atoms with Crippen LogP contribution in [0.5, 0.6) is 11.5 Å². The highest BCUT2D eigenvalue weighted by Crippen LogP contribution is 2.28. The van der Waals surface area contributed by atoms with Crippen LogP contribution in [0.15, 0.2) is 36.4 Å². The number of nitrogens with zero attached hydrogens (tertiary/aromatic N) is 2. The van der Waals surface area contributed by atoms with Gasteiger partial charge in [-0.05, 0) is 36.3 Å². The number of nitrogens with one attached hydrogen (secondary N) is 2.